The van der Waals surface area contributed by atoms with Crippen LogP contribution in [0.5, 0.6) is 0 Å². The molecule has 0 heterocycles. The molecule has 1 aromatic carbocycles. The third kappa shape index (κ3) is 8.82. The molecule has 4 nitrogen and oxygen atoms in total. The van der Waals surface area contributed by atoms with E-state index in [9.17, 15) is 9.59 Å². The molecule has 1 rings (SSSR count). The fourth-order valence-corrected chi connectivity index (χ4v) is 2.27. The molecule has 0 saturated heterocycles. The average Bonchev–Trinajstić information content (AvgIpc) is 2.47. The Morgan fingerprint density at radius 1 is 1.05 bits per heavy atom. The third-order valence-electron chi connectivity index (χ3n) is 3.07. The Morgan fingerprint density at radius 3 is 2.36 bits per heavy atom. The van der Waals surface area contributed by atoms with E-state index in [0.717, 1.165) is 22.9 Å². The zero-order valence-corrected chi connectivity index (χ0v) is 14.6. The number of hydrogen-bond acceptors (Lipinski definition) is 4. The maximum absolute atomic E-state index is 11.6. The number of benzene rings is 1. The van der Waals surface area contributed by atoms with Gasteiger partial charge in [-0.3, -0.25) is 9.59 Å². The first kappa shape index (κ1) is 18.7. The lowest BCUT2D eigenvalue weighted by molar-refractivity contribution is -0.145. The highest BCUT2D eigenvalue weighted by Gasteiger charge is 2.07. The summed E-state index contributed by atoms with van der Waals surface area (Å²) in [7, 11) is 0. The number of rotatable bonds is 10. The molecule has 0 N–H and O–H groups in total. The van der Waals surface area contributed by atoms with Crippen LogP contribution in [0.1, 0.15) is 44.6 Å². The summed E-state index contributed by atoms with van der Waals surface area (Å²) in [5, 5.41) is 0. The first-order chi connectivity index (χ1) is 10.6. The number of unbranched alkanes of at least 4 members (excludes halogenated alkanes) is 1. The van der Waals surface area contributed by atoms with E-state index in [2.05, 4.69) is 15.9 Å². The van der Waals surface area contributed by atoms with Crippen molar-refractivity contribution in [2.75, 3.05) is 13.2 Å². The zero-order chi connectivity index (χ0) is 16.2. The maximum atomic E-state index is 11.6. The summed E-state index contributed by atoms with van der Waals surface area (Å²) < 4.78 is 11.2. The smallest absolute Gasteiger partial charge is 0.305 e. The quantitative estimate of drug-likeness (QED) is 0.460. The van der Waals surface area contributed by atoms with E-state index in [1.807, 2.05) is 31.2 Å². The SMILES string of the molecule is CCCCOC(=O)CCCC(=O)OCCc1cccc(Br)c1. The minimum atomic E-state index is -0.267. The Morgan fingerprint density at radius 2 is 1.73 bits per heavy atom. The van der Waals surface area contributed by atoms with Crippen molar-refractivity contribution in [1.82, 2.24) is 0 Å². The number of hydrogen-bond donors (Lipinski definition) is 0. The summed E-state index contributed by atoms with van der Waals surface area (Å²) in [6.45, 7) is 2.86. The fraction of sp³-hybridized carbons (Fsp3) is 0.529. The first-order valence-electron chi connectivity index (χ1n) is 7.67. The van der Waals surface area contributed by atoms with Crippen LogP contribution >= 0.6 is 15.9 Å². The summed E-state index contributed by atoms with van der Waals surface area (Å²) >= 11 is 3.40. The minimum Gasteiger partial charge on any atom is -0.466 e. The number of halogens is 1. The number of esters is 2. The van der Waals surface area contributed by atoms with Crippen LogP contribution < -0.4 is 0 Å². The van der Waals surface area contributed by atoms with E-state index in [1.54, 1.807) is 0 Å². The van der Waals surface area contributed by atoms with Gasteiger partial charge in [-0.05, 0) is 30.5 Å². The van der Waals surface area contributed by atoms with Gasteiger partial charge in [0, 0.05) is 23.7 Å². The minimum absolute atomic E-state index is 0.240. The highest BCUT2D eigenvalue weighted by molar-refractivity contribution is 9.10. The largest absolute Gasteiger partial charge is 0.466 e. The van der Waals surface area contributed by atoms with Crippen molar-refractivity contribution in [3.05, 3.63) is 34.3 Å². The van der Waals surface area contributed by atoms with Gasteiger partial charge >= 0.3 is 11.9 Å². The van der Waals surface area contributed by atoms with Gasteiger partial charge < -0.3 is 9.47 Å². The first-order valence-corrected chi connectivity index (χ1v) is 8.46. The molecule has 0 unspecified atom stereocenters. The van der Waals surface area contributed by atoms with Crippen molar-refractivity contribution >= 4 is 27.9 Å². The second-order valence-electron chi connectivity index (χ2n) is 5.03. The standard InChI is InChI=1S/C17H23BrO4/c1-2-3-11-21-16(19)8-5-9-17(20)22-12-10-14-6-4-7-15(18)13-14/h4,6-7,13H,2-3,5,8-12H2,1H3. The Bertz CT molecular complexity index is 473. The predicted molar refractivity (Wildman–Crippen MR) is 88.5 cm³/mol. The monoisotopic (exact) mass is 370 g/mol. The van der Waals surface area contributed by atoms with Crippen LogP contribution in [0, 0.1) is 0 Å². The molecule has 0 bridgehead atoms. The van der Waals surface area contributed by atoms with Crippen LogP contribution in [-0.2, 0) is 25.5 Å². The average molecular weight is 371 g/mol. The van der Waals surface area contributed by atoms with Gasteiger partial charge in [0.05, 0.1) is 13.2 Å². The van der Waals surface area contributed by atoms with Crippen LogP contribution in [0.4, 0.5) is 0 Å². The number of carbonyl (C=O) groups is 2. The highest BCUT2D eigenvalue weighted by atomic mass is 79.9. The fourth-order valence-electron chi connectivity index (χ4n) is 1.83. The molecule has 1 aromatic rings. The Balaban J connectivity index is 2.07. The van der Waals surface area contributed by atoms with Gasteiger partial charge in [-0.15, -0.1) is 0 Å². The van der Waals surface area contributed by atoms with Crippen LogP contribution in [0.2, 0.25) is 0 Å². The van der Waals surface area contributed by atoms with Gasteiger partial charge in [0.1, 0.15) is 0 Å². The summed E-state index contributed by atoms with van der Waals surface area (Å²) in [4.78, 5) is 22.9. The molecule has 0 atom stereocenters. The molecule has 0 aliphatic carbocycles. The van der Waals surface area contributed by atoms with Gasteiger partial charge in [-0.2, -0.15) is 0 Å². The lowest BCUT2D eigenvalue weighted by Crippen LogP contribution is -2.10. The third-order valence-corrected chi connectivity index (χ3v) is 3.56. The number of carbonyl (C=O) groups excluding carboxylic acids is 2. The second kappa shape index (κ2) is 11.2. The van der Waals surface area contributed by atoms with Crippen molar-refractivity contribution in [2.24, 2.45) is 0 Å². The summed E-state index contributed by atoms with van der Waals surface area (Å²) in [5.74, 6) is -0.508. The molecule has 0 aliphatic heterocycles. The number of ether oxygens (including phenoxy) is 2. The van der Waals surface area contributed by atoms with Crippen LogP contribution in [0.3, 0.4) is 0 Å². The molecular weight excluding hydrogens is 348 g/mol. The molecule has 0 amide bonds. The van der Waals surface area contributed by atoms with Gasteiger partial charge in [-0.25, -0.2) is 0 Å². The lowest BCUT2D eigenvalue weighted by atomic mass is 10.2. The molecule has 0 fully saturated rings. The Hall–Kier alpha value is -1.36. The van der Waals surface area contributed by atoms with E-state index >= 15 is 0 Å². The van der Waals surface area contributed by atoms with E-state index < -0.39 is 0 Å². The molecule has 0 aromatic heterocycles. The summed E-state index contributed by atoms with van der Waals surface area (Å²) in [5.41, 5.74) is 1.11. The van der Waals surface area contributed by atoms with Crippen LogP contribution in [-0.4, -0.2) is 25.2 Å². The van der Waals surface area contributed by atoms with Crippen LogP contribution in [0.15, 0.2) is 28.7 Å². The normalized spacial score (nSPS) is 10.3. The Labute approximate surface area is 140 Å². The van der Waals surface area contributed by atoms with Crippen molar-refractivity contribution in [2.45, 2.75) is 45.4 Å². The Kier molecular flexibility index (Phi) is 9.55. The molecule has 5 heteroatoms. The van der Waals surface area contributed by atoms with E-state index in [-0.39, 0.29) is 24.8 Å². The second-order valence-corrected chi connectivity index (χ2v) is 5.94. The summed E-state index contributed by atoms with van der Waals surface area (Å²) in [6.07, 6.45) is 3.55. The lowest BCUT2D eigenvalue weighted by Gasteiger charge is -2.06. The molecule has 0 saturated carbocycles. The van der Waals surface area contributed by atoms with Crippen molar-refractivity contribution < 1.29 is 19.1 Å². The van der Waals surface area contributed by atoms with Crippen LogP contribution in [0.25, 0.3) is 0 Å². The van der Waals surface area contributed by atoms with Crippen molar-refractivity contribution in [1.29, 1.82) is 0 Å². The zero-order valence-electron chi connectivity index (χ0n) is 13.0. The van der Waals surface area contributed by atoms with Crippen molar-refractivity contribution in [3.8, 4) is 0 Å². The highest BCUT2D eigenvalue weighted by Crippen LogP contribution is 2.12. The molecule has 0 aliphatic rings. The van der Waals surface area contributed by atoms with E-state index in [1.165, 1.54) is 0 Å². The van der Waals surface area contributed by atoms with E-state index in [4.69, 9.17) is 9.47 Å². The van der Waals surface area contributed by atoms with Crippen molar-refractivity contribution in [3.63, 3.8) is 0 Å². The topological polar surface area (TPSA) is 52.6 Å². The molecule has 0 spiro atoms. The molecule has 22 heavy (non-hydrogen) atoms. The van der Waals surface area contributed by atoms with Gasteiger partial charge in [0.15, 0.2) is 0 Å². The molecule has 0 radical (unpaired) electrons. The molecule has 122 valence electrons. The predicted octanol–water partition coefficient (Wildman–Crippen LogP) is 4.05. The van der Waals surface area contributed by atoms with Gasteiger partial charge in [0.2, 0.25) is 0 Å². The molecular formula is C17H23BrO4. The summed E-state index contributed by atoms with van der Waals surface area (Å²) in [6, 6.07) is 7.89. The maximum Gasteiger partial charge on any atom is 0.305 e. The van der Waals surface area contributed by atoms with Gasteiger partial charge in [-0.1, -0.05) is 41.4 Å². The van der Waals surface area contributed by atoms with E-state index in [0.29, 0.717) is 26.1 Å². The van der Waals surface area contributed by atoms with Gasteiger partial charge in [0.25, 0.3) is 0 Å².